The maximum absolute atomic E-state index is 13.1. The first-order valence-corrected chi connectivity index (χ1v) is 26.2. The van der Waals surface area contributed by atoms with Crippen LogP contribution in [-0.2, 0) is 42.9 Å². The smallest absolute Gasteiger partial charge is 0.335 e. The van der Waals surface area contributed by atoms with Crippen LogP contribution in [0.3, 0.4) is 0 Å². The van der Waals surface area contributed by atoms with Crippen LogP contribution in [0.5, 0.6) is 0 Å². The average Bonchev–Trinajstić information content (AvgIpc) is 3.33. The Labute approximate surface area is 415 Å². The summed E-state index contributed by atoms with van der Waals surface area (Å²) in [5.41, 5.74) is 0. The minimum atomic E-state index is -1.92. The molecule has 0 aromatic rings. The second kappa shape index (κ2) is 44.8. The average molecular weight is 967 g/mol. The van der Waals surface area contributed by atoms with Gasteiger partial charge in [-0.05, 0) is 77.0 Å². The molecule has 0 aromatic carbocycles. The molecule has 1 rings (SSSR count). The van der Waals surface area contributed by atoms with Crippen molar-refractivity contribution in [3.8, 4) is 0 Å². The quantitative estimate of drug-likeness (QED) is 0.0229. The highest BCUT2D eigenvalue weighted by atomic mass is 16.7. The number of aliphatic hydroxyl groups is 2. The van der Waals surface area contributed by atoms with E-state index in [1.807, 2.05) is 12.2 Å². The third kappa shape index (κ3) is 35.4. The van der Waals surface area contributed by atoms with Crippen molar-refractivity contribution in [2.75, 3.05) is 13.2 Å². The number of aliphatic carboxylic acids is 1. The van der Waals surface area contributed by atoms with Gasteiger partial charge in [-0.2, -0.15) is 0 Å². The maximum atomic E-state index is 13.1. The number of carboxylic acids is 1. The number of ether oxygens (including phenoxy) is 5. The van der Waals surface area contributed by atoms with E-state index in [0.717, 1.165) is 103 Å². The molecule has 0 radical (unpaired) electrons. The van der Waals surface area contributed by atoms with Crippen LogP contribution in [0, 0.1) is 0 Å². The molecule has 0 aromatic heterocycles. The van der Waals surface area contributed by atoms with Crippen LogP contribution < -0.4 is 0 Å². The number of rotatable bonds is 42. The molecule has 0 saturated carbocycles. The molecule has 1 aliphatic rings. The van der Waals surface area contributed by atoms with E-state index in [9.17, 15) is 34.5 Å². The fourth-order valence-corrected chi connectivity index (χ4v) is 7.22. The lowest BCUT2D eigenvalue weighted by molar-refractivity contribution is -0.301. The summed E-state index contributed by atoms with van der Waals surface area (Å²) in [6.45, 7) is 5.59. The van der Waals surface area contributed by atoms with Crippen LogP contribution in [0.25, 0.3) is 0 Å². The highest BCUT2D eigenvalue weighted by molar-refractivity contribution is 5.74. The first-order valence-electron chi connectivity index (χ1n) is 26.2. The Balaban J connectivity index is 2.80. The lowest BCUT2D eigenvalue weighted by atomic mass is 9.98. The summed E-state index contributed by atoms with van der Waals surface area (Å²) in [7, 11) is 0. The molecule has 1 heterocycles. The minimum Gasteiger partial charge on any atom is -0.479 e. The summed E-state index contributed by atoms with van der Waals surface area (Å²) in [5, 5.41) is 31.3. The maximum Gasteiger partial charge on any atom is 0.335 e. The number of unbranched alkanes of at least 4 members (excludes halogenated alkanes) is 13. The topological polar surface area (TPSA) is 175 Å². The number of hydrogen-bond acceptors (Lipinski definition) is 11. The van der Waals surface area contributed by atoms with Gasteiger partial charge >= 0.3 is 23.9 Å². The molecular weight excluding hydrogens is 877 g/mol. The summed E-state index contributed by atoms with van der Waals surface area (Å²) in [5.74, 6) is -3.32. The summed E-state index contributed by atoms with van der Waals surface area (Å²) < 4.78 is 28.1. The zero-order valence-electron chi connectivity index (χ0n) is 42.5. The van der Waals surface area contributed by atoms with E-state index < -0.39 is 67.3 Å². The molecule has 69 heavy (non-hydrogen) atoms. The van der Waals surface area contributed by atoms with Gasteiger partial charge in [0.15, 0.2) is 24.6 Å². The van der Waals surface area contributed by atoms with Gasteiger partial charge in [0.05, 0.1) is 13.0 Å². The van der Waals surface area contributed by atoms with Gasteiger partial charge in [-0.1, -0.05) is 189 Å². The third-order valence-corrected chi connectivity index (χ3v) is 11.2. The summed E-state index contributed by atoms with van der Waals surface area (Å²) >= 11 is 0. The normalized spacial score (nSPS) is 19.5. The van der Waals surface area contributed by atoms with E-state index in [1.54, 1.807) is 6.08 Å². The van der Waals surface area contributed by atoms with Crippen LogP contribution in [0.4, 0.5) is 0 Å². The van der Waals surface area contributed by atoms with E-state index >= 15 is 0 Å². The van der Waals surface area contributed by atoms with E-state index in [2.05, 4.69) is 99.8 Å². The molecule has 6 atom stereocenters. The number of esters is 3. The van der Waals surface area contributed by atoms with Crippen LogP contribution in [0.2, 0.25) is 0 Å². The molecular formula is C57H90O12. The lowest BCUT2D eigenvalue weighted by Gasteiger charge is -2.40. The summed E-state index contributed by atoms with van der Waals surface area (Å²) in [4.78, 5) is 50.7. The van der Waals surface area contributed by atoms with E-state index in [-0.39, 0.29) is 25.9 Å². The van der Waals surface area contributed by atoms with Crippen molar-refractivity contribution in [3.63, 3.8) is 0 Å². The standard InChI is InChI=1S/C57H90O12/c1-4-7-10-13-16-19-21-23-25-27-29-32-34-37-40-43-49(58)65-46-48(67-50(59)44-41-38-36-33-30-28-26-24-22-20-17-14-11-8-5-2)47-66-57-55(53(62)52(61)54(69-57)56(63)64)68-51(60)45-42-39-35-31-18-15-12-9-6-3/h7-8,10-11,16-17,19-20,23-26,29,32,37,40,48,52-55,57,61-62H,4-6,9,12-15,18,21-22,27-28,30-31,33-36,38-39,41-47H2,1-3H3,(H,63,64)/b10-7-,11-8-,19-16-,20-17-,25-23-,26-24-,32-29-,40-37-. The first-order chi connectivity index (χ1) is 33.6. The predicted molar refractivity (Wildman–Crippen MR) is 275 cm³/mol. The number of carbonyl (C=O) groups is 4. The molecule has 1 fully saturated rings. The van der Waals surface area contributed by atoms with Gasteiger partial charge < -0.3 is 39.0 Å². The molecule has 0 spiro atoms. The Hall–Kier alpha value is -4.36. The summed E-state index contributed by atoms with van der Waals surface area (Å²) in [6.07, 6.45) is 45.8. The molecule has 0 aliphatic carbocycles. The molecule has 0 amide bonds. The van der Waals surface area contributed by atoms with Crippen molar-refractivity contribution in [3.05, 3.63) is 97.2 Å². The Bertz CT molecular complexity index is 1570. The van der Waals surface area contributed by atoms with Gasteiger partial charge in [-0.15, -0.1) is 0 Å². The Morgan fingerprint density at radius 1 is 0.507 bits per heavy atom. The highest BCUT2D eigenvalue weighted by Crippen LogP contribution is 2.26. The number of carboxylic acid groups (broad SMARTS) is 1. The molecule has 12 heteroatoms. The molecule has 1 saturated heterocycles. The second-order valence-corrected chi connectivity index (χ2v) is 17.4. The molecule has 6 unspecified atom stereocenters. The third-order valence-electron chi connectivity index (χ3n) is 11.2. The van der Waals surface area contributed by atoms with E-state index in [4.69, 9.17) is 23.7 Å². The van der Waals surface area contributed by atoms with Crippen molar-refractivity contribution in [2.45, 2.75) is 225 Å². The van der Waals surface area contributed by atoms with Crippen molar-refractivity contribution in [1.29, 1.82) is 0 Å². The van der Waals surface area contributed by atoms with Gasteiger partial charge in [0, 0.05) is 12.8 Å². The van der Waals surface area contributed by atoms with E-state index in [0.29, 0.717) is 19.3 Å². The van der Waals surface area contributed by atoms with Gasteiger partial charge in [0.25, 0.3) is 0 Å². The molecule has 390 valence electrons. The van der Waals surface area contributed by atoms with Crippen LogP contribution >= 0.6 is 0 Å². The van der Waals surface area contributed by atoms with Gasteiger partial charge in [0.1, 0.15) is 18.8 Å². The first kappa shape index (κ1) is 62.7. The van der Waals surface area contributed by atoms with Crippen molar-refractivity contribution in [2.24, 2.45) is 0 Å². The fourth-order valence-electron chi connectivity index (χ4n) is 7.22. The fraction of sp³-hybridized carbons (Fsp3) is 0.649. The number of carbonyl (C=O) groups excluding carboxylic acids is 3. The van der Waals surface area contributed by atoms with Gasteiger partial charge in [0.2, 0.25) is 0 Å². The summed E-state index contributed by atoms with van der Waals surface area (Å²) in [6, 6.07) is 0. The molecule has 0 bridgehead atoms. The molecule has 3 N–H and O–H groups in total. The predicted octanol–water partition coefficient (Wildman–Crippen LogP) is 12.6. The SMILES string of the molecule is CC/C=C\C/C=C\C/C=C\C/C=C\C/C=C\CC(=O)OCC(COC1OC(C(=O)O)C(O)C(O)C1OC(=O)CCCCCCCCCCC)OC(=O)CCCCCCC/C=C\C/C=C\C/C=C\CC. The van der Waals surface area contributed by atoms with E-state index in [1.165, 1.54) is 25.7 Å². The van der Waals surface area contributed by atoms with Crippen molar-refractivity contribution >= 4 is 23.9 Å². The van der Waals surface area contributed by atoms with Gasteiger partial charge in [-0.25, -0.2) is 4.79 Å². The number of aliphatic hydroxyl groups excluding tert-OH is 2. The zero-order chi connectivity index (χ0) is 50.4. The van der Waals surface area contributed by atoms with Crippen LogP contribution in [0.15, 0.2) is 97.2 Å². The monoisotopic (exact) mass is 967 g/mol. The Kier molecular flexibility index (Phi) is 40.7. The largest absolute Gasteiger partial charge is 0.479 e. The zero-order valence-corrected chi connectivity index (χ0v) is 42.5. The van der Waals surface area contributed by atoms with Gasteiger partial charge in [-0.3, -0.25) is 14.4 Å². The second-order valence-electron chi connectivity index (χ2n) is 17.4. The van der Waals surface area contributed by atoms with Crippen molar-refractivity contribution < 1.29 is 58.2 Å². The Morgan fingerprint density at radius 2 is 0.957 bits per heavy atom. The lowest BCUT2D eigenvalue weighted by Crippen LogP contribution is -2.61. The Morgan fingerprint density at radius 3 is 1.46 bits per heavy atom. The number of hydrogen-bond donors (Lipinski definition) is 3. The highest BCUT2D eigenvalue weighted by Gasteiger charge is 2.50. The molecule has 1 aliphatic heterocycles. The minimum absolute atomic E-state index is 0.0219. The molecule has 12 nitrogen and oxygen atoms in total. The number of allylic oxidation sites excluding steroid dienone is 15. The van der Waals surface area contributed by atoms with Crippen molar-refractivity contribution in [1.82, 2.24) is 0 Å². The van der Waals surface area contributed by atoms with Crippen LogP contribution in [-0.4, -0.2) is 89.2 Å². The van der Waals surface area contributed by atoms with Crippen LogP contribution in [0.1, 0.15) is 188 Å².